The van der Waals surface area contributed by atoms with E-state index in [0.717, 1.165) is 11.3 Å². The molecule has 20 heavy (non-hydrogen) atoms. The van der Waals surface area contributed by atoms with Gasteiger partial charge in [-0.15, -0.1) is 11.8 Å². The van der Waals surface area contributed by atoms with Crippen molar-refractivity contribution in [3.63, 3.8) is 0 Å². The minimum absolute atomic E-state index is 0.0743. The van der Waals surface area contributed by atoms with Gasteiger partial charge in [-0.2, -0.15) is 0 Å². The van der Waals surface area contributed by atoms with E-state index in [0.29, 0.717) is 5.56 Å². The second kappa shape index (κ2) is 6.88. The van der Waals surface area contributed by atoms with Crippen molar-refractivity contribution in [3.8, 4) is 0 Å². The molecule has 0 saturated heterocycles. The summed E-state index contributed by atoms with van der Waals surface area (Å²) in [6.07, 6.45) is 0. The first-order chi connectivity index (χ1) is 9.61. The summed E-state index contributed by atoms with van der Waals surface area (Å²) in [4.78, 5) is 1.22. The fourth-order valence-electron chi connectivity index (χ4n) is 1.96. The number of nitrogens with two attached hydrogens (primary N) is 1. The Kier molecular flexibility index (Phi) is 5.17. The van der Waals surface area contributed by atoms with Crippen LogP contribution >= 0.6 is 11.8 Å². The SMILES string of the molecule is Cc1ccc(C(CSc2ccccc2C)NN)cc1F. The maximum absolute atomic E-state index is 13.6. The highest BCUT2D eigenvalue weighted by Crippen LogP contribution is 2.27. The quantitative estimate of drug-likeness (QED) is 0.500. The molecule has 0 amide bonds. The standard InChI is InChI=1S/C16H19FN2S/c1-11-7-8-13(9-14(11)17)15(19-18)10-20-16-6-4-3-5-12(16)2/h3-9,15,19H,10,18H2,1-2H3. The molecule has 0 radical (unpaired) electrons. The number of benzene rings is 2. The summed E-state index contributed by atoms with van der Waals surface area (Å²) in [6.45, 7) is 3.84. The van der Waals surface area contributed by atoms with Crippen LogP contribution in [-0.2, 0) is 0 Å². The van der Waals surface area contributed by atoms with Crippen molar-refractivity contribution in [1.29, 1.82) is 0 Å². The van der Waals surface area contributed by atoms with Crippen molar-refractivity contribution in [3.05, 3.63) is 65.0 Å². The van der Waals surface area contributed by atoms with Gasteiger partial charge in [0, 0.05) is 10.6 Å². The van der Waals surface area contributed by atoms with E-state index in [1.807, 2.05) is 18.2 Å². The maximum atomic E-state index is 13.6. The van der Waals surface area contributed by atoms with Crippen LogP contribution in [0.3, 0.4) is 0 Å². The van der Waals surface area contributed by atoms with Gasteiger partial charge in [0.25, 0.3) is 0 Å². The van der Waals surface area contributed by atoms with Crippen LogP contribution in [0.4, 0.5) is 4.39 Å². The van der Waals surface area contributed by atoms with Crippen molar-refractivity contribution in [2.24, 2.45) is 5.84 Å². The molecular weight excluding hydrogens is 271 g/mol. The number of hydrogen-bond donors (Lipinski definition) is 2. The van der Waals surface area contributed by atoms with E-state index >= 15 is 0 Å². The van der Waals surface area contributed by atoms with E-state index in [1.54, 1.807) is 30.8 Å². The van der Waals surface area contributed by atoms with Gasteiger partial charge >= 0.3 is 0 Å². The fraction of sp³-hybridized carbons (Fsp3) is 0.250. The molecule has 106 valence electrons. The lowest BCUT2D eigenvalue weighted by atomic mass is 10.1. The Balaban J connectivity index is 2.09. The topological polar surface area (TPSA) is 38.0 Å². The summed E-state index contributed by atoms with van der Waals surface area (Å²) in [7, 11) is 0. The Morgan fingerprint density at radius 1 is 1.15 bits per heavy atom. The number of halogens is 1. The van der Waals surface area contributed by atoms with Gasteiger partial charge in [-0.25, -0.2) is 4.39 Å². The van der Waals surface area contributed by atoms with Crippen molar-refractivity contribution < 1.29 is 4.39 Å². The van der Waals surface area contributed by atoms with Gasteiger partial charge in [0.1, 0.15) is 5.82 Å². The third-order valence-corrected chi connectivity index (χ3v) is 4.57. The number of rotatable bonds is 5. The van der Waals surface area contributed by atoms with Crippen molar-refractivity contribution in [1.82, 2.24) is 5.43 Å². The second-order valence-corrected chi connectivity index (χ2v) is 5.87. The largest absolute Gasteiger partial charge is 0.271 e. The minimum atomic E-state index is -0.191. The Morgan fingerprint density at radius 2 is 1.90 bits per heavy atom. The predicted molar refractivity (Wildman–Crippen MR) is 83.1 cm³/mol. The summed E-state index contributed by atoms with van der Waals surface area (Å²) >= 11 is 1.72. The first-order valence-electron chi connectivity index (χ1n) is 6.52. The van der Waals surface area contributed by atoms with Crippen molar-refractivity contribution in [2.45, 2.75) is 24.8 Å². The van der Waals surface area contributed by atoms with E-state index in [-0.39, 0.29) is 11.9 Å². The maximum Gasteiger partial charge on any atom is 0.126 e. The van der Waals surface area contributed by atoms with E-state index in [1.165, 1.54) is 10.5 Å². The van der Waals surface area contributed by atoms with E-state index < -0.39 is 0 Å². The molecule has 2 rings (SSSR count). The number of nitrogens with one attached hydrogen (secondary N) is 1. The van der Waals surface area contributed by atoms with Gasteiger partial charge in [0.15, 0.2) is 0 Å². The Morgan fingerprint density at radius 3 is 2.55 bits per heavy atom. The van der Waals surface area contributed by atoms with Crippen LogP contribution in [0.5, 0.6) is 0 Å². The average molecular weight is 290 g/mol. The molecular formula is C16H19FN2S. The molecule has 0 saturated carbocycles. The number of hydrogen-bond acceptors (Lipinski definition) is 3. The lowest BCUT2D eigenvalue weighted by Crippen LogP contribution is -2.29. The van der Waals surface area contributed by atoms with Crippen LogP contribution in [-0.4, -0.2) is 5.75 Å². The first-order valence-corrected chi connectivity index (χ1v) is 7.51. The number of thioether (sulfide) groups is 1. The van der Waals surface area contributed by atoms with Gasteiger partial charge in [-0.05, 0) is 42.7 Å². The zero-order chi connectivity index (χ0) is 14.5. The highest BCUT2D eigenvalue weighted by molar-refractivity contribution is 7.99. The smallest absolute Gasteiger partial charge is 0.126 e. The molecule has 4 heteroatoms. The summed E-state index contributed by atoms with van der Waals surface area (Å²) in [5, 5.41) is 0. The Labute approximate surface area is 123 Å². The fourth-order valence-corrected chi connectivity index (χ4v) is 3.06. The lowest BCUT2D eigenvalue weighted by Gasteiger charge is -2.17. The molecule has 0 heterocycles. The summed E-state index contributed by atoms with van der Waals surface area (Å²) in [5.74, 6) is 6.17. The molecule has 0 aromatic heterocycles. The molecule has 2 aromatic rings. The van der Waals surface area contributed by atoms with Crippen LogP contribution in [0.25, 0.3) is 0 Å². The second-order valence-electron chi connectivity index (χ2n) is 4.80. The van der Waals surface area contributed by atoms with Crippen LogP contribution in [0, 0.1) is 19.7 Å². The van der Waals surface area contributed by atoms with Crippen LogP contribution in [0.1, 0.15) is 22.7 Å². The molecule has 0 fully saturated rings. The molecule has 0 aliphatic rings. The van der Waals surface area contributed by atoms with Crippen LogP contribution in [0.2, 0.25) is 0 Å². The zero-order valence-electron chi connectivity index (χ0n) is 11.7. The van der Waals surface area contributed by atoms with Crippen LogP contribution in [0.15, 0.2) is 47.4 Å². The molecule has 0 aliphatic heterocycles. The molecule has 0 aliphatic carbocycles. The lowest BCUT2D eigenvalue weighted by molar-refractivity contribution is 0.587. The average Bonchev–Trinajstić information content (AvgIpc) is 2.45. The predicted octanol–water partition coefficient (Wildman–Crippen LogP) is 3.74. The summed E-state index contributed by atoms with van der Waals surface area (Å²) in [5.41, 5.74) is 5.53. The van der Waals surface area contributed by atoms with Gasteiger partial charge in [0.2, 0.25) is 0 Å². The molecule has 1 atom stereocenters. The van der Waals surface area contributed by atoms with Gasteiger partial charge < -0.3 is 0 Å². The van der Waals surface area contributed by atoms with E-state index in [4.69, 9.17) is 5.84 Å². The molecule has 0 bridgehead atoms. The first kappa shape index (κ1) is 15.0. The Hall–Kier alpha value is -1.36. The summed E-state index contributed by atoms with van der Waals surface area (Å²) < 4.78 is 13.6. The summed E-state index contributed by atoms with van der Waals surface area (Å²) in [6, 6.07) is 13.4. The van der Waals surface area contributed by atoms with Gasteiger partial charge in [0.05, 0.1) is 6.04 Å². The van der Waals surface area contributed by atoms with Gasteiger partial charge in [-0.1, -0.05) is 30.3 Å². The Bertz CT molecular complexity index is 586. The molecule has 0 spiro atoms. The van der Waals surface area contributed by atoms with E-state index in [2.05, 4.69) is 24.5 Å². The molecule has 2 nitrogen and oxygen atoms in total. The third-order valence-electron chi connectivity index (χ3n) is 3.30. The highest BCUT2D eigenvalue weighted by atomic mass is 32.2. The van der Waals surface area contributed by atoms with E-state index in [9.17, 15) is 4.39 Å². The zero-order valence-corrected chi connectivity index (χ0v) is 12.5. The highest BCUT2D eigenvalue weighted by Gasteiger charge is 2.12. The van der Waals surface area contributed by atoms with Crippen molar-refractivity contribution >= 4 is 11.8 Å². The third kappa shape index (κ3) is 3.60. The minimum Gasteiger partial charge on any atom is -0.271 e. The molecule has 2 aromatic carbocycles. The van der Waals surface area contributed by atoms with Crippen molar-refractivity contribution in [2.75, 3.05) is 5.75 Å². The monoisotopic (exact) mass is 290 g/mol. The van der Waals surface area contributed by atoms with Crippen LogP contribution < -0.4 is 11.3 Å². The number of aryl methyl sites for hydroxylation is 2. The molecule has 3 N–H and O–H groups in total. The molecule has 1 unspecified atom stereocenters. The number of hydrazine groups is 1. The van der Waals surface area contributed by atoms with Gasteiger partial charge in [-0.3, -0.25) is 11.3 Å². The normalized spacial score (nSPS) is 12.4.